The van der Waals surface area contributed by atoms with Gasteiger partial charge in [0.25, 0.3) is 0 Å². The number of phenolic OH excluding ortho intramolecular Hbond substituents is 1. The second kappa shape index (κ2) is 5.16. The molecule has 1 aromatic carbocycles. The van der Waals surface area contributed by atoms with Crippen LogP contribution in [0.5, 0.6) is 5.75 Å². The van der Waals surface area contributed by atoms with Crippen LogP contribution in [-0.4, -0.2) is 26.0 Å². The van der Waals surface area contributed by atoms with E-state index in [0.717, 1.165) is 16.5 Å². The van der Waals surface area contributed by atoms with Gasteiger partial charge in [-0.05, 0) is 23.8 Å². The van der Waals surface area contributed by atoms with E-state index in [9.17, 15) is 9.90 Å². The number of amides is 1. The maximum atomic E-state index is 11.1. The van der Waals surface area contributed by atoms with E-state index in [1.54, 1.807) is 30.7 Å². The third kappa shape index (κ3) is 2.38. The molecule has 2 N–H and O–H groups in total. The largest absolute Gasteiger partial charge is 0.504 e. The Labute approximate surface area is 120 Å². The Morgan fingerprint density at radius 3 is 2.67 bits per heavy atom. The van der Waals surface area contributed by atoms with Gasteiger partial charge in [-0.3, -0.25) is 9.78 Å². The summed E-state index contributed by atoms with van der Waals surface area (Å²) in [5.41, 5.74) is 2.45. The average molecular weight is 280 g/mol. The third-order valence-corrected chi connectivity index (χ3v) is 3.07. The molecule has 0 fully saturated rings. The molecule has 3 rings (SSSR count). The molecule has 0 saturated heterocycles. The Morgan fingerprint density at radius 2 is 1.95 bits per heavy atom. The number of nitrogens with one attached hydrogen (secondary N) is 1. The van der Waals surface area contributed by atoms with Gasteiger partial charge in [0.1, 0.15) is 11.8 Å². The van der Waals surface area contributed by atoms with Crippen molar-refractivity contribution < 1.29 is 9.90 Å². The summed E-state index contributed by atoms with van der Waals surface area (Å²) in [6, 6.07) is 5.28. The molecule has 6 heteroatoms. The molecule has 0 bridgehead atoms. The van der Waals surface area contributed by atoms with Crippen LogP contribution in [-0.2, 0) is 4.79 Å². The number of aromatic hydroxyl groups is 1. The Morgan fingerprint density at radius 1 is 1.19 bits per heavy atom. The highest BCUT2D eigenvalue weighted by atomic mass is 16.3. The Kier molecular flexibility index (Phi) is 3.19. The molecule has 0 aliphatic carbocycles. The van der Waals surface area contributed by atoms with E-state index in [1.807, 2.05) is 6.07 Å². The number of carbonyl (C=O) groups is 1. The molecule has 1 amide bonds. The van der Waals surface area contributed by atoms with Crippen LogP contribution in [0.3, 0.4) is 0 Å². The van der Waals surface area contributed by atoms with Gasteiger partial charge in [-0.15, -0.1) is 0 Å². The number of aromatic nitrogens is 3. The van der Waals surface area contributed by atoms with Crippen molar-refractivity contribution in [2.75, 3.05) is 5.32 Å². The van der Waals surface area contributed by atoms with Gasteiger partial charge in [-0.2, -0.15) is 0 Å². The minimum absolute atomic E-state index is 0.0543. The van der Waals surface area contributed by atoms with Crippen LogP contribution in [0.15, 0.2) is 43.1 Å². The Bertz CT molecular complexity index is 819. The lowest BCUT2D eigenvalue weighted by atomic mass is 10.0. The summed E-state index contributed by atoms with van der Waals surface area (Å²) in [5, 5.41) is 13.6. The van der Waals surface area contributed by atoms with Gasteiger partial charge in [-0.1, -0.05) is 0 Å². The lowest BCUT2D eigenvalue weighted by Crippen LogP contribution is -2.06. The topological polar surface area (TPSA) is 88.0 Å². The molecular weight excluding hydrogens is 268 g/mol. The molecule has 2 aromatic heterocycles. The normalized spacial score (nSPS) is 10.5. The molecule has 104 valence electrons. The van der Waals surface area contributed by atoms with E-state index in [0.29, 0.717) is 11.2 Å². The van der Waals surface area contributed by atoms with Crippen molar-refractivity contribution in [3.63, 3.8) is 0 Å². The number of fused-ring (bicyclic) bond motifs is 1. The van der Waals surface area contributed by atoms with Crippen molar-refractivity contribution >= 4 is 22.5 Å². The zero-order valence-corrected chi connectivity index (χ0v) is 11.2. The molecule has 21 heavy (non-hydrogen) atoms. The van der Waals surface area contributed by atoms with Crippen molar-refractivity contribution in [2.24, 2.45) is 0 Å². The van der Waals surface area contributed by atoms with Crippen molar-refractivity contribution in [1.82, 2.24) is 15.0 Å². The SMILES string of the molecule is CC(=O)Nc1ccc2c(-c3cncnc3)ccnc2c1O. The minimum atomic E-state index is -0.253. The van der Waals surface area contributed by atoms with Crippen LogP contribution < -0.4 is 5.32 Å². The van der Waals surface area contributed by atoms with Gasteiger partial charge in [0.05, 0.1) is 5.69 Å². The molecule has 0 saturated carbocycles. The summed E-state index contributed by atoms with van der Waals surface area (Å²) in [7, 11) is 0. The van der Waals surface area contributed by atoms with Crippen LogP contribution in [0.1, 0.15) is 6.92 Å². The van der Waals surface area contributed by atoms with Crippen LogP contribution in [0.2, 0.25) is 0 Å². The third-order valence-electron chi connectivity index (χ3n) is 3.07. The molecule has 0 aliphatic heterocycles. The second-order valence-corrected chi connectivity index (χ2v) is 4.52. The van der Waals surface area contributed by atoms with Crippen molar-refractivity contribution in [3.05, 3.63) is 43.1 Å². The smallest absolute Gasteiger partial charge is 0.221 e. The van der Waals surface area contributed by atoms with Gasteiger partial charge in [-0.25, -0.2) is 9.97 Å². The van der Waals surface area contributed by atoms with Gasteiger partial charge < -0.3 is 10.4 Å². The standard InChI is InChI=1S/C15H12N4O2/c1-9(20)19-13-3-2-12-11(10-6-16-8-17-7-10)4-5-18-14(12)15(13)21/h2-8,21H,1H3,(H,19,20). The Hall–Kier alpha value is -3.02. The summed E-state index contributed by atoms with van der Waals surface area (Å²) >= 11 is 0. The lowest BCUT2D eigenvalue weighted by molar-refractivity contribution is -0.114. The number of phenols is 1. The molecule has 0 unspecified atom stereocenters. The van der Waals surface area contributed by atoms with Crippen molar-refractivity contribution in [3.8, 4) is 16.9 Å². The maximum Gasteiger partial charge on any atom is 0.221 e. The summed E-state index contributed by atoms with van der Waals surface area (Å²) < 4.78 is 0. The van der Waals surface area contributed by atoms with Gasteiger partial charge in [0, 0.05) is 36.5 Å². The fourth-order valence-electron chi connectivity index (χ4n) is 2.18. The van der Waals surface area contributed by atoms with Crippen LogP contribution >= 0.6 is 0 Å². The Balaban J connectivity index is 2.22. The number of carbonyl (C=O) groups excluding carboxylic acids is 1. The molecule has 0 aliphatic rings. The quantitative estimate of drug-likeness (QED) is 0.703. The molecular formula is C15H12N4O2. The van der Waals surface area contributed by atoms with Gasteiger partial charge in [0.15, 0.2) is 5.75 Å². The van der Waals surface area contributed by atoms with E-state index in [2.05, 4.69) is 20.3 Å². The highest BCUT2D eigenvalue weighted by Gasteiger charge is 2.12. The first-order valence-electron chi connectivity index (χ1n) is 6.30. The number of benzene rings is 1. The molecule has 0 radical (unpaired) electrons. The first-order valence-corrected chi connectivity index (χ1v) is 6.30. The monoisotopic (exact) mass is 280 g/mol. The highest BCUT2D eigenvalue weighted by Crippen LogP contribution is 2.35. The molecule has 3 aromatic rings. The van der Waals surface area contributed by atoms with Crippen LogP contribution in [0, 0.1) is 0 Å². The summed E-state index contributed by atoms with van der Waals surface area (Å²) in [5.74, 6) is -0.307. The van der Waals surface area contributed by atoms with E-state index in [4.69, 9.17) is 0 Å². The summed E-state index contributed by atoms with van der Waals surface area (Å²) in [4.78, 5) is 23.3. The summed E-state index contributed by atoms with van der Waals surface area (Å²) in [6.45, 7) is 1.38. The average Bonchev–Trinajstić information content (AvgIpc) is 2.50. The molecule has 6 nitrogen and oxygen atoms in total. The van der Waals surface area contributed by atoms with Gasteiger partial charge >= 0.3 is 0 Å². The van der Waals surface area contributed by atoms with E-state index in [-0.39, 0.29) is 11.7 Å². The minimum Gasteiger partial charge on any atom is -0.504 e. The maximum absolute atomic E-state index is 11.1. The van der Waals surface area contributed by atoms with Crippen molar-refractivity contribution in [2.45, 2.75) is 6.92 Å². The van der Waals surface area contributed by atoms with E-state index in [1.165, 1.54) is 13.3 Å². The first kappa shape index (κ1) is 13.0. The predicted molar refractivity (Wildman–Crippen MR) is 78.7 cm³/mol. The van der Waals surface area contributed by atoms with Crippen LogP contribution in [0.25, 0.3) is 22.0 Å². The highest BCUT2D eigenvalue weighted by molar-refractivity contribution is 6.02. The number of rotatable bonds is 2. The molecule has 0 spiro atoms. The number of pyridine rings is 1. The zero-order valence-electron chi connectivity index (χ0n) is 11.2. The van der Waals surface area contributed by atoms with Crippen LogP contribution in [0.4, 0.5) is 5.69 Å². The number of hydrogen-bond acceptors (Lipinski definition) is 5. The van der Waals surface area contributed by atoms with E-state index < -0.39 is 0 Å². The number of nitrogens with zero attached hydrogens (tertiary/aromatic N) is 3. The number of hydrogen-bond donors (Lipinski definition) is 2. The van der Waals surface area contributed by atoms with Crippen molar-refractivity contribution in [1.29, 1.82) is 0 Å². The fraction of sp³-hybridized carbons (Fsp3) is 0.0667. The van der Waals surface area contributed by atoms with E-state index >= 15 is 0 Å². The fourth-order valence-corrected chi connectivity index (χ4v) is 2.18. The first-order chi connectivity index (χ1) is 10.2. The molecule has 0 atom stereocenters. The second-order valence-electron chi connectivity index (χ2n) is 4.52. The lowest BCUT2D eigenvalue weighted by Gasteiger charge is -2.10. The number of anilines is 1. The van der Waals surface area contributed by atoms with Gasteiger partial charge in [0.2, 0.25) is 5.91 Å². The molecule has 2 heterocycles. The zero-order chi connectivity index (χ0) is 14.8. The summed E-state index contributed by atoms with van der Waals surface area (Å²) in [6.07, 6.45) is 6.45. The predicted octanol–water partition coefficient (Wildman–Crippen LogP) is 2.36.